The van der Waals surface area contributed by atoms with Crippen LogP contribution in [0.2, 0.25) is 0 Å². The fourth-order valence-electron chi connectivity index (χ4n) is 9.41. The van der Waals surface area contributed by atoms with Gasteiger partial charge in [-0.2, -0.15) is 0 Å². The van der Waals surface area contributed by atoms with Crippen molar-refractivity contribution < 1.29 is 4.42 Å². The number of benzene rings is 10. The van der Waals surface area contributed by atoms with E-state index in [2.05, 4.69) is 205 Å². The summed E-state index contributed by atoms with van der Waals surface area (Å²) < 4.78 is 8.89. The molecule has 0 atom stereocenters. The molecule has 0 fully saturated rings. The fourth-order valence-corrected chi connectivity index (χ4v) is 9.41. The second-order valence-electron chi connectivity index (χ2n) is 15.2. The van der Waals surface area contributed by atoms with Crippen molar-refractivity contribution in [2.75, 3.05) is 0 Å². The Balaban J connectivity index is 0.00000201. The molecule has 2 nitrogen and oxygen atoms in total. The van der Waals surface area contributed by atoms with Gasteiger partial charge in [-0.3, -0.25) is 0 Å². The summed E-state index contributed by atoms with van der Waals surface area (Å²) in [5, 5.41) is 9.73. The van der Waals surface area contributed by atoms with Crippen LogP contribution in [-0.4, -0.2) is 4.57 Å². The van der Waals surface area contributed by atoms with Crippen LogP contribution in [0.25, 0.3) is 115 Å². The summed E-state index contributed by atoms with van der Waals surface area (Å²) in [5.74, 6) is 0. The number of rotatable bonds is 5. The van der Waals surface area contributed by atoms with E-state index in [1.165, 1.54) is 76.7 Å². The number of nitrogens with zero attached hydrogens (tertiary/aromatic N) is 1. The third-order valence-electron chi connectivity index (χ3n) is 12.0. The van der Waals surface area contributed by atoms with E-state index in [0.29, 0.717) is 0 Å². The summed E-state index contributed by atoms with van der Waals surface area (Å²) in [5.41, 5.74) is 14.9. The van der Waals surface area contributed by atoms with Gasteiger partial charge in [0.15, 0.2) is 0 Å². The lowest BCUT2D eigenvalue weighted by Gasteiger charge is -2.19. The van der Waals surface area contributed by atoms with Crippen molar-refractivity contribution in [1.82, 2.24) is 4.57 Å². The molecule has 0 aliphatic carbocycles. The molecule has 12 aromatic rings. The molecule has 0 bridgehead atoms. The van der Waals surface area contributed by atoms with Gasteiger partial charge in [-0.05, 0) is 103 Å². The summed E-state index contributed by atoms with van der Waals surface area (Å²) >= 11 is 0. The van der Waals surface area contributed by atoms with Gasteiger partial charge in [0.05, 0.1) is 11.0 Å². The molecule has 2 aromatic heterocycles. The first-order valence-corrected chi connectivity index (χ1v) is 20.9. The van der Waals surface area contributed by atoms with Gasteiger partial charge < -0.3 is 8.98 Å². The average Bonchev–Trinajstić information content (AvgIpc) is 3.87. The minimum atomic E-state index is 0.912. The van der Waals surface area contributed by atoms with Crippen LogP contribution >= 0.6 is 0 Å². The highest BCUT2D eigenvalue weighted by Crippen LogP contribution is 2.45. The van der Waals surface area contributed by atoms with Gasteiger partial charge in [0.25, 0.3) is 0 Å². The van der Waals surface area contributed by atoms with Gasteiger partial charge in [0.2, 0.25) is 0 Å². The van der Waals surface area contributed by atoms with Gasteiger partial charge in [-0.15, -0.1) is 0 Å². The Hall–Kier alpha value is -7.68. The van der Waals surface area contributed by atoms with Crippen LogP contribution in [0.5, 0.6) is 0 Å². The predicted octanol–water partition coefficient (Wildman–Crippen LogP) is 16.7. The largest absolute Gasteiger partial charge is 0.455 e. The zero-order valence-corrected chi connectivity index (χ0v) is 33.6. The molecule has 0 saturated heterocycles. The van der Waals surface area contributed by atoms with Gasteiger partial charge in [0.1, 0.15) is 11.2 Å². The summed E-state index contributed by atoms with van der Waals surface area (Å²) in [4.78, 5) is 0. The monoisotopic (exact) mass is 767 g/mol. The molecule has 2 heterocycles. The molecule has 284 valence electrons. The lowest BCUT2D eigenvalue weighted by molar-refractivity contribution is 0.670. The van der Waals surface area contributed by atoms with E-state index in [0.717, 1.165) is 38.8 Å². The van der Waals surface area contributed by atoms with Crippen LogP contribution < -0.4 is 0 Å². The highest BCUT2D eigenvalue weighted by Gasteiger charge is 2.19. The topological polar surface area (TPSA) is 18.1 Å². The van der Waals surface area contributed by atoms with Crippen LogP contribution in [0.1, 0.15) is 13.8 Å². The third kappa shape index (κ3) is 5.64. The average molecular weight is 768 g/mol. The van der Waals surface area contributed by atoms with Crippen LogP contribution in [0.3, 0.4) is 0 Å². The van der Waals surface area contributed by atoms with Crippen molar-refractivity contribution in [3.05, 3.63) is 212 Å². The molecule has 2 heteroatoms. The third-order valence-corrected chi connectivity index (χ3v) is 12.0. The van der Waals surface area contributed by atoms with Crippen molar-refractivity contribution >= 4 is 65.3 Å². The van der Waals surface area contributed by atoms with Crippen molar-refractivity contribution in [3.63, 3.8) is 0 Å². The van der Waals surface area contributed by atoms with Gasteiger partial charge in [0, 0.05) is 32.8 Å². The highest BCUT2D eigenvalue weighted by molar-refractivity contribution is 6.22. The van der Waals surface area contributed by atoms with E-state index >= 15 is 0 Å². The quantitative estimate of drug-likeness (QED) is 0.160. The smallest absolute Gasteiger partial charge is 0.143 e. The molecule has 60 heavy (non-hydrogen) atoms. The molecule has 0 saturated carbocycles. The Bertz CT molecular complexity index is 3550. The molecular weight excluding hydrogens is 727 g/mol. The summed E-state index contributed by atoms with van der Waals surface area (Å²) in [7, 11) is 0. The molecule has 12 rings (SSSR count). The van der Waals surface area contributed by atoms with Crippen LogP contribution in [0.4, 0.5) is 0 Å². The number of fused-ring (bicyclic) bond motifs is 8. The summed E-state index contributed by atoms with van der Waals surface area (Å²) in [6, 6.07) is 77.0. The number of hydrogen-bond donors (Lipinski definition) is 0. The molecule has 0 radical (unpaired) electrons. The minimum Gasteiger partial charge on any atom is -0.455 e. The zero-order valence-electron chi connectivity index (χ0n) is 33.6. The highest BCUT2D eigenvalue weighted by atomic mass is 16.3. The van der Waals surface area contributed by atoms with E-state index in [1.807, 2.05) is 26.0 Å². The maximum atomic E-state index is 6.47. The summed E-state index contributed by atoms with van der Waals surface area (Å²) in [6.07, 6.45) is 0. The van der Waals surface area contributed by atoms with E-state index in [-0.39, 0.29) is 0 Å². The standard InChI is InChI=1S/C56H35NO.C2H6/c1-3-15-36(16-4-1)54-45-23-7-8-24-46(45)55(37-17-5-2-6-18-37)50-34-39(29-31-47(50)54)38-19-13-20-41(33-38)57-51-27-11-9-21-43(51)49-35-40(30-32-52(49)57)42-25-14-26-48-44-22-10-12-28-53(44)58-56(42)48;1-2/h1-35H;1-2H3. The SMILES string of the molecule is CC.c1ccc(-c2c3ccccc3c(-c3ccccc3)c3cc(-c4cccc(-n5c6ccccc6c6cc(-c7cccc8c7oc7ccccc78)ccc65)c4)ccc23)cc1. The first kappa shape index (κ1) is 35.5. The molecule has 0 unspecified atom stereocenters. The van der Waals surface area contributed by atoms with E-state index in [9.17, 15) is 0 Å². The van der Waals surface area contributed by atoms with E-state index in [4.69, 9.17) is 4.42 Å². The Morgan fingerprint density at radius 2 is 0.833 bits per heavy atom. The van der Waals surface area contributed by atoms with Gasteiger partial charge >= 0.3 is 0 Å². The molecule has 0 N–H and O–H groups in total. The molecule has 0 aliphatic rings. The molecule has 10 aromatic carbocycles. The first-order valence-electron chi connectivity index (χ1n) is 20.9. The van der Waals surface area contributed by atoms with Crippen LogP contribution in [-0.2, 0) is 0 Å². The van der Waals surface area contributed by atoms with Crippen molar-refractivity contribution in [2.24, 2.45) is 0 Å². The Kier molecular flexibility index (Phi) is 8.64. The Labute approximate surface area is 349 Å². The molecule has 0 spiro atoms. The lowest BCUT2D eigenvalue weighted by Crippen LogP contribution is -1.95. The minimum absolute atomic E-state index is 0.912. The lowest BCUT2D eigenvalue weighted by atomic mass is 9.85. The van der Waals surface area contributed by atoms with Gasteiger partial charge in [-0.25, -0.2) is 0 Å². The summed E-state index contributed by atoms with van der Waals surface area (Å²) in [6.45, 7) is 4.00. The van der Waals surface area contributed by atoms with Crippen molar-refractivity contribution in [1.29, 1.82) is 0 Å². The maximum absolute atomic E-state index is 6.47. The Morgan fingerprint density at radius 3 is 1.58 bits per heavy atom. The first-order chi connectivity index (χ1) is 29.8. The van der Waals surface area contributed by atoms with Crippen LogP contribution in [0.15, 0.2) is 217 Å². The number of furan rings is 1. The number of aromatic nitrogens is 1. The number of para-hydroxylation sites is 3. The molecule has 0 amide bonds. The second-order valence-corrected chi connectivity index (χ2v) is 15.2. The fraction of sp³-hybridized carbons (Fsp3) is 0.0345. The normalized spacial score (nSPS) is 11.5. The predicted molar refractivity (Wildman–Crippen MR) is 256 cm³/mol. The molecular formula is C58H41NO. The molecule has 0 aliphatic heterocycles. The second kappa shape index (κ2) is 14.6. The number of hydrogen-bond acceptors (Lipinski definition) is 1. The van der Waals surface area contributed by atoms with Gasteiger partial charge in [-0.1, -0.05) is 184 Å². The Morgan fingerprint density at radius 1 is 0.317 bits per heavy atom. The van der Waals surface area contributed by atoms with E-state index < -0.39 is 0 Å². The van der Waals surface area contributed by atoms with Crippen molar-refractivity contribution in [2.45, 2.75) is 13.8 Å². The van der Waals surface area contributed by atoms with Crippen molar-refractivity contribution in [3.8, 4) is 50.2 Å². The van der Waals surface area contributed by atoms with E-state index in [1.54, 1.807) is 0 Å². The van der Waals surface area contributed by atoms with Crippen LogP contribution in [0, 0.1) is 0 Å². The maximum Gasteiger partial charge on any atom is 0.143 e. The zero-order chi connectivity index (χ0) is 40.2.